The van der Waals surface area contributed by atoms with E-state index in [0.29, 0.717) is 26.1 Å². The highest BCUT2D eigenvalue weighted by Gasteiger charge is 2.30. The molecule has 1 atom stereocenters. The van der Waals surface area contributed by atoms with Crippen LogP contribution in [0.25, 0.3) is 0 Å². The molecule has 1 aliphatic heterocycles. The molecule has 0 aliphatic carbocycles. The second-order valence-electron chi connectivity index (χ2n) is 4.03. The highest BCUT2D eigenvalue weighted by Crippen LogP contribution is 2.17. The maximum Gasteiger partial charge on any atom is 0.242 e. The van der Waals surface area contributed by atoms with E-state index in [9.17, 15) is 9.59 Å². The third-order valence-electron chi connectivity index (χ3n) is 2.87. The number of carbonyl (C=O) groups is 2. The van der Waals surface area contributed by atoms with Gasteiger partial charge in [0.05, 0.1) is 0 Å². The molecule has 0 aromatic carbocycles. The van der Waals surface area contributed by atoms with Crippen molar-refractivity contribution < 1.29 is 9.59 Å². The summed E-state index contributed by atoms with van der Waals surface area (Å²) in [5.74, 6) is -0.000418. The zero-order valence-electron chi connectivity index (χ0n) is 10.3. The summed E-state index contributed by atoms with van der Waals surface area (Å²) in [5, 5.41) is 2.75. The summed E-state index contributed by atoms with van der Waals surface area (Å²) < 4.78 is 0. The van der Waals surface area contributed by atoms with Crippen molar-refractivity contribution in [3.8, 4) is 0 Å². The van der Waals surface area contributed by atoms with Gasteiger partial charge in [0.2, 0.25) is 11.8 Å². The molecule has 1 saturated heterocycles. The number of amides is 2. The van der Waals surface area contributed by atoms with Gasteiger partial charge < -0.3 is 16.0 Å². The monoisotopic (exact) mass is 263 g/mol. The third-order valence-corrected chi connectivity index (χ3v) is 2.87. The second kappa shape index (κ2) is 8.31. The Morgan fingerprint density at radius 3 is 2.71 bits per heavy atom. The van der Waals surface area contributed by atoms with Crippen molar-refractivity contribution in [2.45, 2.75) is 38.6 Å². The van der Waals surface area contributed by atoms with Crippen molar-refractivity contribution in [2.75, 3.05) is 19.6 Å². The molecule has 17 heavy (non-hydrogen) atoms. The standard InChI is InChI=1S/C11H21N3O2.ClH/c1-2-10(15)14-8-4-3-5-9(14)11(16)13-7-6-12;/h9H,2-8,12H2,1H3,(H,13,16);1H. The molecule has 5 nitrogen and oxygen atoms in total. The van der Waals surface area contributed by atoms with Gasteiger partial charge in [-0.15, -0.1) is 12.4 Å². The molecule has 1 aliphatic rings. The number of hydrogen-bond donors (Lipinski definition) is 2. The summed E-state index contributed by atoms with van der Waals surface area (Å²) in [6.07, 6.45) is 3.23. The molecule has 0 spiro atoms. The molecule has 0 aromatic heterocycles. The third kappa shape index (κ3) is 4.52. The minimum atomic E-state index is -0.284. The van der Waals surface area contributed by atoms with Crippen LogP contribution in [-0.4, -0.2) is 42.4 Å². The molecular weight excluding hydrogens is 242 g/mol. The number of likely N-dealkylation sites (tertiary alicyclic amines) is 1. The van der Waals surface area contributed by atoms with Crippen LogP contribution in [0.1, 0.15) is 32.6 Å². The van der Waals surface area contributed by atoms with Crippen molar-refractivity contribution in [3.05, 3.63) is 0 Å². The van der Waals surface area contributed by atoms with Crippen LogP contribution < -0.4 is 11.1 Å². The summed E-state index contributed by atoms with van der Waals surface area (Å²) in [4.78, 5) is 25.2. The van der Waals surface area contributed by atoms with E-state index in [1.54, 1.807) is 4.90 Å². The van der Waals surface area contributed by atoms with Gasteiger partial charge in [-0.25, -0.2) is 0 Å². The van der Waals surface area contributed by atoms with E-state index in [2.05, 4.69) is 5.32 Å². The van der Waals surface area contributed by atoms with Crippen molar-refractivity contribution in [1.29, 1.82) is 0 Å². The molecule has 100 valence electrons. The van der Waals surface area contributed by atoms with E-state index in [0.717, 1.165) is 19.3 Å². The Bertz CT molecular complexity index is 261. The van der Waals surface area contributed by atoms with Crippen LogP contribution in [0.3, 0.4) is 0 Å². The lowest BCUT2D eigenvalue weighted by Crippen LogP contribution is -2.52. The number of rotatable bonds is 4. The molecule has 0 aromatic rings. The Labute approximate surface area is 109 Å². The highest BCUT2D eigenvalue weighted by molar-refractivity contribution is 5.87. The maximum absolute atomic E-state index is 11.8. The number of piperidine rings is 1. The number of halogens is 1. The van der Waals surface area contributed by atoms with Gasteiger partial charge in [-0.2, -0.15) is 0 Å². The number of hydrogen-bond acceptors (Lipinski definition) is 3. The fourth-order valence-corrected chi connectivity index (χ4v) is 2.02. The molecular formula is C11H22ClN3O2. The zero-order valence-corrected chi connectivity index (χ0v) is 11.1. The normalized spacial score (nSPS) is 19.4. The lowest BCUT2D eigenvalue weighted by Gasteiger charge is -2.34. The maximum atomic E-state index is 11.8. The number of nitrogens with one attached hydrogen (secondary N) is 1. The first-order valence-electron chi connectivity index (χ1n) is 5.98. The predicted molar refractivity (Wildman–Crippen MR) is 69.0 cm³/mol. The Morgan fingerprint density at radius 2 is 2.12 bits per heavy atom. The molecule has 2 amide bonds. The van der Waals surface area contributed by atoms with E-state index in [4.69, 9.17) is 5.73 Å². The molecule has 0 radical (unpaired) electrons. The van der Waals surface area contributed by atoms with Gasteiger partial charge >= 0.3 is 0 Å². The van der Waals surface area contributed by atoms with Crippen molar-refractivity contribution in [2.24, 2.45) is 5.73 Å². The van der Waals surface area contributed by atoms with E-state index >= 15 is 0 Å². The molecule has 1 rings (SSSR count). The van der Waals surface area contributed by atoms with E-state index in [1.165, 1.54) is 0 Å². The first kappa shape index (κ1) is 16.2. The van der Waals surface area contributed by atoms with Crippen molar-refractivity contribution in [3.63, 3.8) is 0 Å². The summed E-state index contributed by atoms with van der Waals surface area (Å²) in [5.41, 5.74) is 5.33. The fraction of sp³-hybridized carbons (Fsp3) is 0.818. The average Bonchev–Trinajstić information content (AvgIpc) is 2.35. The molecule has 1 heterocycles. The number of nitrogens with zero attached hydrogens (tertiary/aromatic N) is 1. The SMILES string of the molecule is CCC(=O)N1CCCCC1C(=O)NCCN.Cl. The van der Waals surface area contributed by atoms with Crippen LogP contribution in [0.15, 0.2) is 0 Å². The minimum absolute atomic E-state index is 0. The zero-order chi connectivity index (χ0) is 12.0. The van der Waals surface area contributed by atoms with Crippen molar-refractivity contribution in [1.82, 2.24) is 10.2 Å². The largest absolute Gasteiger partial charge is 0.353 e. The van der Waals surface area contributed by atoms with Gasteiger partial charge in [0.25, 0.3) is 0 Å². The summed E-state index contributed by atoms with van der Waals surface area (Å²) >= 11 is 0. The molecule has 3 N–H and O–H groups in total. The highest BCUT2D eigenvalue weighted by atomic mass is 35.5. The van der Waals surface area contributed by atoms with Crippen LogP contribution >= 0.6 is 12.4 Å². The van der Waals surface area contributed by atoms with E-state index in [1.807, 2.05) is 6.92 Å². The smallest absolute Gasteiger partial charge is 0.242 e. The quantitative estimate of drug-likeness (QED) is 0.765. The average molecular weight is 264 g/mol. The first-order valence-corrected chi connectivity index (χ1v) is 5.98. The van der Waals surface area contributed by atoms with E-state index < -0.39 is 0 Å². The Hall–Kier alpha value is -0.810. The summed E-state index contributed by atoms with van der Waals surface area (Å²) in [6.45, 7) is 3.43. The minimum Gasteiger partial charge on any atom is -0.353 e. The Morgan fingerprint density at radius 1 is 1.41 bits per heavy atom. The van der Waals surface area contributed by atoms with Crippen LogP contribution in [0.5, 0.6) is 0 Å². The Balaban J connectivity index is 0.00000256. The second-order valence-corrected chi connectivity index (χ2v) is 4.03. The molecule has 1 unspecified atom stereocenters. The van der Waals surface area contributed by atoms with Crippen LogP contribution in [-0.2, 0) is 9.59 Å². The molecule has 6 heteroatoms. The van der Waals surface area contributed by atoms with Gasteiger partial charge in [-0.1, -0.05) is 6.92 Å². The summed E-state index contributed by atoms with van der Waals surface area (Å²) in [7, 11) is 0. The predicted octanol–water partition coefficient (Wildman–Crippen LogP) is 0.274. The van der Waals surface area contributed by atoms with Crippen LogP contribution in [0.4, 0.5) is 0 Å². The topological polar surface area (TPSA) is 75.4 Å². The number of carbonyl (C=O) groups excluding carboxylic acids is 2. The van der Waals surface area contributed by atoms with E-state index in [-0.39, 0.29) is 30.3 Å². The lowest BCUT2D eigenvalue weighted by molar-refractivity contribution is -0.142. The first-order chi connectivity index (χ1) is 7.70. The van der Waals surface area contributed by atoms with Gasteiger partial charge in [0.15, 0.2) is 0 Å². The molecule has 1 fully saturated rings. The fourth-order valence-electron chi connectivity index (χ4n) is 2.02. The van der Waals surface area contributed by atoms with Crippen LogP contribution in [0.2, 0.25) is 0 Å². The number of nitrogens with two attached hydrogens (primary N) is 1. The molecule has 0 saturated carbocycles. The van der Waals surface area contributed by atoms with Gasteiger partial charge in [-0.3, -0.25) is 9.59 Å². The van der Waals surface area contributed by atoms with Crippen molar-refractivity contribution >= 4 is 24.2 Å². The van der Waals surface area contributed by atoms with Gasteiger partial charge in [0, 0.05) is 26.1 Å². The molecule has 0 bridgehead atoms. The van der Waals surface area contributed by atoms with Gasteiger partial charge in [0.1, 0.15) is 6.04 Å². The van der Waals surface area contributed by atoms with Gasteiger partial charge in [-0.05, 0) is 19.3 Å². The summed E-state index contributed by atoms with van der Waals surface area (Å²) in [6, 6.07) is -0.284. The lowest BCUT2D eigenvalue weighted by atomic mass is 10.0. The Kier molecular flexibility index (Phi) is 7.91. The van der Waals surface area contributed by atoms with Crippen LogP contribution in [0, 0.1) is 0 Å².